The Bertz CT molecular complexity index is 1410. The van der Waals surface area contributed by atoms with Crippen molar-refractivity contribution in [1.29, 1.82) is 0 Å². The topological polar surface area (TPSA) is 274 Å². The molecular weight excluding hydrogens is 710 g/mol. The molecule has 0 aliphatic heterocycles. The van der Waals surface area contributed by atoms with Gasteiger partial charge >= 0.3 is 8.03 Å². The van der Waals surface area contributed by atoms with Gasteiger partial charge in [0.15, 0.2) is 5.66 Å². The molecule has 7 atom stereocenters. The van der Waals surface area contributed by atoms with Crippen molar-refractivity contribution in [3.63, 3.8) is 0 Å². The molecule has 2 saturated carbocycles. The number of phenolic OH excluding ortho intramolecular Hbond substituents is 1. The number of aromatic amines is 1. The van der Waals surface area contributed by atoms with Crippen LogP contribution in [0.5, 0.6) is 5.75 Å². The molecule has 1 aromatic carbocycles. The van der Waals surface area contributed by atoms with Crippen LogP contribution in [0.15, 0.2) is 36.8 Å². The highest BCUT2D eigenvalue weighted by Gasteiger charge is 2.39. The third kappa shape index (κ3) is 16.5. The van der Waals surface area contributed by atoms with E-state index in [0.29, 0.717) is 12.8 Å². The summed E-state index contributed by atoms with van der Waals surface area (Å²) in [5.41, 5.74) is 12.8. The van der Waals surface area contributed by atoms with Crippen LogP contribution in [0.1, 0.15) is 81.9 Å². The molecule has 3 unspecified atom stereocenters. The van der Waals surface area contributed by atoms with Gasteiger partial charge in [-0.3, -0.25) is 14.2 Å². The summed E-state index contributed by atoms with van der Waals surface area (Å²) in [6, 6.07) is 4.92. The third-order valence-electron chi connectivity index (χ3n) is 9.84. The van der Waals surface area contributed by atoms with Gasteiger partial charge in [0.1, 0.15) is 5.75 Å². The number of amides is 2. The van der Waals surface area contributed by atoms with E-state index in [9.17, 15) is 43.8 Å². The van der Waals surface area contributed by atoms with Gasteiger partial charge in [-0.05, 0) is 60.3 Å². The second kappa shape index (κ2) is 22.5. The van der Waals surface area contributed by atoms with Gasteiger partial charge in [-0.15, -0.1) is 0 Å². The van der Waals surface area contributed by atoms with E-state index in [1.54, 1.807) is 18.3 Å². The lowest BCUT2D eigenvalue weighted by atomic mass is 9.85. The maximum absolute atomic E-state index is 12.3. The fourth-order valence-electron chi connectivity index (χ4n) is 6.99. The summed E-state index contributed by atoms with van der Waals surface area (Å²) >= 11 is 0. The molecule has 2 aromatic rings. The molecule has 2 amide bonds. The lowest BCUT2D eigenvalue weighted by Crippen LogP contribution is -2.45. The number of nitrogens with zero attached hydrogens (tertiary/aromatic N) is 1. The van der Waals surface area contributed by atoms with E-state index in [-0.39, 0.29) is 55.3 Å². The summed E-state index contributed by atoms with van der Waals surface area (Å²) in [7, 11) is -5.75. The minimum absolute atomic E-state index is 0.00844. The summed E-state index contributed by atoms with van der Waals surface area (Å²) in [5.74, 6) is -0.211. The number of aliphatic hydroxyl groups is 2. The molecule has 12 N–H and O–H groups in total. The first kappa shape index (κ1) is 43.7. The van der Waals surface area contributed by atoms with Gasteiger partial charge in [0.05, 0.1) is 36.8 Å². The maximum atomic E-state index is 12.3. The molecule has 0 bridgehead atoms. The molecule has 15 nitrogen and oxygen atoms in total. The normalized spacial score (nSPS) is 19.8. The molecular formula is C35H59N6O9P2+. The van der Waals surface area contributed by atoms with Crippen LogP contribution in [0.25, 0.3) is 0 Å². The van der Waals surface area contributed by atoms with E-state index in [1.807, 2.05) is 0 Å². The second-order valence-electron chi connectivity index (χ2n) is 14.4. The fraction of sp³-hybridized carbons (Fsp3) is 0.686. The summed E-state index contributed by atoms with van der Waals surface area (Å²) in [5, 5.41) is 34.7. The molecule has 2 fully saturated rings. The molecule has 17 heteroatoms. The first-order chi connectivity index (χ1) is 24.7. The number of aromatic hydroxyl groups is 1. The van der Waals surface area contributed by atoms with E-state index >= 15 is 0 Å². The van der Waals surface area contributed by atoms with Crippen LogP contribution >= 0.6 is 15.4 Å². The Morgan fingerprint density at radius 2 is 1.46 bits per heavy atom. The van der Waals surface area contributed by atoms with Gasteiger partial charge in [0.25, 0.3) is 0 Å². The second-order valence-corrected chi connectivity index (χ2v) is 18.1. The van der Waals surface area contributed by atoms with Crippen molar-refractivity contribution in [2.24, 2.45) is 23.3 Å². The van der Waals surface area contributed by atoms with Crippen molar-refractivity contribution < 1.29 is 43.8 Å². The van der Waals surface area contributed by atoms with Crippen LogP contribution < -0.4 is 22.1 Å². The lowest BCUT2D eigenvalue weighted by Gasteiger charge is -2.25. The quantitative estimate of drug-likeness (QED) is 0.0980. The first-order valence-electron chi connectivity index (χ1n) is 18.4. The van der Waals surface area contributed by atoms with E-state index in [0.717, 1.165) is 69.0 Å². The Kier molecular flexibility index (Phi) is 18.9. The smallest absolute Gasteiger partial charge is 0.508 e. The number of H-pyrrole nitrogens is 1. The number of carbonyl (C=O) groups excluding carboxylic acids is 2. The molecule has 2 aliphatic carbocycles. The van der Waals surface area contributed by atoms with Gasteiger partial charge in [-0.1, -0.05) is 50.7 Å². The van der Waals surface area contributed by atoms with Gasteiger partial charge in [-0.25, -0.2) is 4.98 Å². The molecule has 4 rings (SSSR count). The van der Waals surface area contributed by atoms with Crippen LogP contribution in [0.3, 0.4) is 0 Å². The number of rotatable bonds is 18. The molecule has 292 valence electrons. The van der Waals surface area contributed by atoms with Crippen molar-refractivity contribution in [3.8, 4) is 5.75 Å². The summed E-state index contributed by atoms with van der Waals surface area (Å²) in [6.45, 7) is -0.0702. The van der Waals surface area contributed by atoms with Crippen molar-refractivity contribution in [2.75, 3.05) is 25.4 Å². The number of imidazole rings is 1. The number of hydrogen-bond acceptors (Lipinski definition) is 10. The molecule has 1 heterocycles. The molecule has 52 heavy (non-hydrogen) atoms. The van der Waals surface area contributed by atoms with E-state index in [1.165, 1.54) is 24.9 Å². The van der Waals surface area contributed by atoms with Crippen LogP contribution in [-0.2, 0) is 31.6 Å². The maximum Gasteiger partial charge on any atom is 0.509 e. The average molecular weight is 770 g/mol. The number of nitrogens with two attached hydrogens (primary N) is 2. The largest absolute Gasteiger partial charge is 0.509 e. The van der Waals surface area contributed by atoms with E-state index in [4.69, 9.17) is 11.5 Å². The average Bonchev–Trinajstić information content (AvgIpc) is 3.63. The molecule has 1 aromatic heterocycles. The zero-order chi connectivity index (χ0) is 38.1. The van der Waals surface area contributed by atoms with Gasteiger partial charge in [-0.2, -0.15) is 4.89 Å². The number of phenols is 1. The van der Waals surface area contributed by atoms with Crippen LogP contribution in [-0.4, -0.2) is 102 Å². The number of aliphatic hydroxyl groups excluding tert-OH is 2. The fourth-order valence-corrected chi connectivity index (χ4v) is 10.2. The van der Waals surface area contributed by atoms with Gasteiger partial charge in [0, 0.05) is 49.9 Å². The predicted octanol–water partition coefficient (Wildman–Crippen LogP) is 2.42. The number of carbonyl (C=O) groups is 2. The van der Waals surface area contributed by atoms with E-state index < -0.39 is 51.3 Å². The zero-order valence-corrected chi connectivity index (χ0v) is 31.7. The van der Waals surface area contributed by atoms with E-state index in [2.05, 4.69) is 20.6 Å². The zero-order valence-electron chi connectivity index (χ0n) is 29.9. The summed E-state index contributed by atoms with van der Waals surface area (Å²) < 4.78 is 24.0. The van der Waals surface area contributed by atoms with Crippen molar-refractivity contribution >= 4 is 27.2 Å². The third-order valence-corrected chi connectivity index (χ3v) is 13.1. The van der Waals surface area contributed by atoms with Crippen LogP contribution in [0, 0.1) is 11.8 Å². The Balaban J connectivity index is 0.000000281. The molecule has 0 saturated heterocycles. The van der Waals surface area contributed by atoms with Gasteiger partial charge < -0.3 is 47.3 Å². The molecule has 0 spiro atoms. The number of benzene rings is 1. The van der Waals surface area contributed by atoms with Crippen molar-refractivity contribution in [1.82, 2.24) is 20.6 Å². The number of aromatic nitrogens is 2. The van der Waals surface area contributed by atoms with Crippen LogP contribution in [0.4, 0.5) is 0 Å². The highest BCUT2D eigenvalue weighted by Crippen LogP contribution is 2.46. The monoisotopic (exact) mass is 769 g/mol. The molecule has 2 aliphatic rings. The Morgan fingerprint density at radius 1 is 0.904 bits per heavy atom. The Morgan fingerprint density at radius 3 is 2.02 bits per heavy atom. The minimum atomic E-state index is -3.39. The van der Waals surface area contributed by atoms with Gasteiger partial charge in [0.2, 0.25) is 19.2 Å². The summed E-state index contributed by atoms with van der Waals surface area (Å²) in [6.07, 6.45) is 12.5. The Hall–Kier alpha value is -2.74. The van der Waals surface area contributed by atoms with Crippen molar-refractivity contribution in [3.05, 3.63) is 48.0 Å². The highest BCUT2D eigenvalue weighted by molar-refractivity contribution is 7.58. The standard InChI is InChI=1S/C19H29N2O5P.C16H29N4O4P/c20-17(10-13-6-8-15(22)9-7-13)19(24)21-12-16(23)11-18(27(25)26)14-4-2-1-3-5-14;17-15(6-13-7-18-11-20-13)16(22)19-8-14(21)10-25(23,24)9-12-4-2-1-3-5-12/h6-9,14,16-18,23H,1-5,10-12,20H2,(H2-,21,22,24,25,26);7,11-12,14-15,21H,1-6,8-10,17H2,(H,18,20)(H,19,22)(H,23,24)/p+1/t16-,17+,18?;14-,15+/m11/s1. The number of hydrogen-bond donors (Lipinski definition) is 10. The predicted molar refractivity (Wildman–Crippen MR) is 199 cm³/mol. The SMILES string of the molecule is N[C@@H](Cc1ccc(O)cc1)C(=O)NC[C@H](O)CC(C1CCCCC1)[P+](=O)O.N[C@@H](Cc1cnc[nH]1)C(=O)NC[C@@H](O)CP(=O)(O)CC1CCCCC1. The Labute approximate surface area is 307 Å². The van der Waals surface area contributed by atoms with Crippen LogP contribution in [0.2, 0.25) is 0 Å². The van der Waals surface area contributed by atoms with Crippen molar-refractivity contribution in [2.45, 2.75) is 113 Å². The minimum Gasteiger partial charge on any atom is -0.508 e. The first-order valence-corrected chi connectivity index (χ1v) is 21.7. The summed E-state index contributed by atoms with van der Waals surface area (Å²) in [4.78, 5) is 50.6. The highest BCUT2D eigenvalue weighted by atomic mass is 31.2. The lowest BCUT2D eigenvalue weighted by molar-refractivity contribution is -0.123. The molecule has 0 radical (unpaired) electrons. The number of nitrogens with one attached hydrogen (secondary N) is 3.